The lowest BCUT2D eigenvalue weighted by Gasteiger charge is -2.32. The van der Waals surface area contributed by atoms with E-state index in [1.165, 1.54) is 6.20 Å². The number of aliphatic hydroxyl groups is 1. The van der Waals surface area contributed by atoms with E-state index in [-0.39, 0.29) is 23.6 Å². The van der Waals surface area contributed by atoms with E-state index in [2.05, 4.69) is 25.3 Å². The quantitative estimate of drug-likeness (QED) is 0.542. The molecule has 1 amide bonds. The van der Waals surface area contributed by atoms with Gasteiger partial charge in [-0.15, -0.1) is 0 Å². The van der Waals surface area contributed by atoms with E-state index in [4.69, 9.17) is 5.73 Å². The van der Waals surface area contributed by atoms with Gasteiger partial charge in [-0.05, 0) is 50.9 Å². The molecule has 0 aliphatic heterocycles. The zero-order valence-corrected chi connectivity index (χ0v) is 16.5. The largest absolute Gasteiger partial charge is 0.393 e. The molecule has 162 valence electrons. The van der Waals surface area contributed by atoms with Crippen LogP contribution < -0.4 is 16.4 Å². The number of anilines is 2. The summed E-state index contributed by atoms with van der Waals surface area (Å²) in [6.07, 6.45) is 5.25. The van der Waals surface area contributed by atoms with Crippen LogP contribution in [0.5, 0.6) is 0 Å². The van der Waals surface area contributed by atoms with Crippen molar-refractivity contribution in [2.75, 3.05) is 10.6 Å². The van der Waals surface area contributed by atoms with E-state index in [9.17, 15) is 18.7 Å². The Balaban J connectivity index is 1.63. The molecule has 1 aromatic heterocycles. The standard InChI is InChI=1S/C19H29F2N5O3/c1-10-2-3-12(8-15(10)27)24-17-14(16(22)28)9-23-19(26-17)25-11-4-6-13(7-5-11)29-18(20)21/h9-13,15,18,27H,2-8H2,1H3,(H2,22,28)(H2,23,24,25,26)/t10-,11-,12-,13-,15-/m1/s1. The van der Waals surface area contributed by atoms with Gasteiger partial charge in [-0.1, -0.05) is 6.92 Å². The number of amides is 1. The molecule has 1 aromatic rings. The molecule has 3 atom stereocenters. The molecule has 5 N–H and O–H groups in total. The fourth-order valence-corrected chi connectivity index (χ4v) is 4.04. The van der Waals surface area contributed by atoms with Gasteiger partial charge >= 0.3 is 6.61 Å². The summed E-state index contributed by atoms with van der Waals surface area (Å²) in [5.74, 6) is 0.306. The fraction of sp³-hybridized carbons (Fsp3) is 0.737. The maximum absolute atomic E-state index is 12.3. The number of carbonyl (C=O) groups excluding carboxylic acids is 1. The highest BCUT2D eigenvalue weighted by molar-refractivity contribution is 5.97. The first-order chi connectivity index (χ1) is 13.8. The lowest BCUT2D eigenvalue weighted by molar-refractivity contribution is -0.169. The Kier molecular flexibility index (Phi) is 7.18. The van der Waals surface area contributed by atoms with Gasteiger partial charge in [0.1, 0.15) is 5.82 Å². The monoisotopic (exact) mass is 413 g/mol. The number of alkyl halides is 2. The lowest BCUT2D eigenvalue weighted by Crippen LogP contribution is -2.36. The number of nitrogens with zero attached hydrogens (tertiary/aromatic N) is 2. The van der Waals surface area contributed by atoms with Crippen molar-refractivity contribution >= 4 is 17.7 Å². The van der Waals surface area contributed by atoms with Gasteiger partial charge in [0.15, 0.2) is 0 Å². The minimum Gasteiger partial charge on any atom is -0.393 e. The smallest absolute Gasteiger partial charge is 0.345 e. The summed E-state index contributed by atoms with van der Waals surface area (Å²) in [6.45, 7) is -0.729. The SMILES string of the molecule is C[C@@H]1CC[C@@H](Nc2nc(N[C@H]3CC[C@H](OC(F)F)CC3)ncc2C(N)=O)C[C@H]1O. The molecular weight excluding hydrogens is 384 g/mol. The highest BCUT2D eigenvalue weighted by Crippen LogP contribution is 2.28. The summed E-state index contributed by atoms with van der Waals surface area (Å²) < 4.78 is 29.2. The van der Waals surface area contributed by atoms with Gasteiger partial charge in [0.05, 0.1) is 17.8 Å². The van der Waals surface area contributed by atoms with E-state index >= 15 is 0 Å². The van der Waals surface area contributed by atoms with E-state index < -0.39 is 24.7 Å². The second-order valence-corrected chi connectivity index (χ2v) is 8.03. The first-order valence-electron chi connectivity index (χ1n) is 10.1. The predicted molar refractivity (Wildman–Crippen MR) is 104 cm³/mol. The summed E-state index contributed by atoms with van der Waals surface area (Å²) in [7, 11) is 0. The van der Waals surface area contributed by atoms with Gasteiger partial charge < -0.3 is 26.2 Å². The van der Waals surface area contributed by atoms with E-state index in [1.54, 1.807) is 0 Å². The Hall–Kier alpha value is -2.07. The van der Waals surface area contributed by atoms with Crippen LogP contribution in [0.2, 0.25) is 0 Å². The van der Waals surface area contributed by atoms with Gasteiger partial charge in [0, 0.05) is 18.3 Å². The summed E-state index contributed by atoms with van der Waals surface area (Å²) in [5.41, 5.74) is 5.65. The molecule has 29 heavy (non-hydrogen) atoms. The predicted octanol–water partition coefficient (Wildman–Crippen LogP) is 2.50. The molecule has 0 unspecified atom stereocenters. The Morgan fingerprint density at radius 3 is 2.52 bits per heavy atom. The average molecular weight is 413 g/mol. The molecular formula is C19H29F2N5O3. The number of nitrogens with one attached hydrogen (secondary N) is 2. The Morgan fingerprint density at radius 1 is 1.21 bits per heavy atom. The molecule has 0 bridgehead atoms. The first-order valence-corrected chi connectivity index (χ1v) is 10.1. The number of primary amides is 1. The Bertz CT molecular complexity index is 700. The fourth-order valence-electron chi connectivity index (χ4n) is 4.04. The van der Waals surface area contributed by atoms with Crippen molar-refractivity contribution in [2.24, 2.45) is 11.7 Å². The molecule has 0 saturated heterocycles. The van der Waals surface area contributed by atoms with Gasteiger partial charge in [0.25, 0.3) is 5.91 Å². The maximum Gasteiger partial charge on any atom is 0.345 e. The number of hydrogen-bond donors (Lipinski definition) is 4. The summed E-state index contributed by atoms with van der Waals surface area (Å²) >= 11 is 0. The molecule has 8 nitrogen and oxygen atoms in total. The van der Waals surface area contributed by atoms with Crippen LogP contribution in [0.25, 0.3) is 0 Å². The molecule has 0 spiro atoms. The van der Waals surface area contributed by atoms with Crippen molar-refractivity contribution in [1.82, 2.24) is 9.97 Å². The molecule has 0 aromatic carbocycles. The van der Waals surface area contributed by atoms with Gasteiger partial charge in [-0.3, -0.25) is 4.79 Å². The normalized spacial score (nSPS) is 30.2. The van der Waals surface area contributed by atoms with Crippen LogP contribution in [0.15, 0.2) is 6.20 Å². The minimum atomic E-state index is -2.75. The highest BCUT2D eigenvalue weighted by atomic mass is 19.3. The molecule has 3 rings (SSSR count). The van der Waals surface area contributed by atoms with Crippen molar-refractivity contribution in [3.8, 4) is 0 Å². The van der Waals surface area contributed by atoms with E-state index in [0.717, 1.165) is 12.8 Å². The number of ether oxygens (including phenoxy) is 1. The lowest BCUT2D eigenvalue weighted by atomic mass is 9.85. The van der Waals surface area contributed by atoms with Gasteiger partial charge in [-0.2, -0.15) is 13.8 Å². The van der Waals surface area contributed by atoms with E-state index in [1.807, 2.05) is 6.92 Å². The number of aliphatic hydroxyl groups excluding tert-OH is 1. The second-order valence-electron chi connectivity index (χ2n) is 8.03. The second kappa shape index (κ2) is 9.62. The third kappa shape index (κ3) is 5.96. The molecule has 10 heteroatoms. The van der Waals surface area contributed by atoms with Crippen molar-refractivity contribution in [2.45, 2.75) is 82.8 Å². The molecule has 0 radical (unpaired) electrons. The summed E-state index contributed by atoms with van der Waals surface area (Å²) in [5, 5.41) is 16.6. The van der Waals surface area contributed by atoms with Crippen LogP contribution in [0, 0.1) is 5.92 Å². The number of hydrogen-bond acceptors (Lipinski definition) is 7. The third-order valence-electron chi connectivity index (χ3n) is 5.85. The topological polar surface area (TPSA) is 122 Å². The van der Waals surface area contributed by atoms with Crippen LogP contribution in [-0.2, 0) is 4.74 Å². The number of rotatable bonds is 7. The Labute approximate surface area is 168 Å². The molecule has 2 aliphatic rings. The molecule has 1 heterocycles. The highest BCUT2D eigenvalue weighted by Gasteiger charge is 2.28. The molecule has 2 saturated carbocycles. The number of aromatic nitrogens is 2. The van der Waals surface area contributed by atoms with Crippen molar-refractivity contribution < 1.29 is 23.4 Å². The first kappa shape index (κ1) is 21.6. The summed E-state index contributed by atoms with van der Waals surface area (Å²) in [6, 6.07) is 0.0288. The number of halogens is 2. The zero-order chi connectivity index (χ0) is 21.0. The van der Waals surface area contributed by atoms with Crippen LogP contribution in [0.4, 0.5) is 20.5 Å². The number of nitrogens with two attached hydrogens (primary N) is 1. The van der Waals surface area contributed by atoms with Crippen LogP contribution in [0.1, 0.15) is 62.2 Å². The van der Waals surface area contributed by atoms with Gasteiger partial charge in [0.2, 0.25) is 5.95 Å². The molecule has 2 aliphatic carbocycles. The van der Waals surface area contributed by atoms with Crippen molar-refractivity contribution in [3.05, 3.63) is 11.8 Å². The zero-order valence-electron chi connectivity index (χ0n) is 16.5. The van der Waals surface area contributed by atoms with E-state index in [0.29, 0.717) is 43.9 Å². The van der Waals surface area contributed by atoms with Gasteiger partial charge in [-0.25, -0.2) is 4.98 Å². The maximum atomic E-state index is 12.3. The van der Waals surface area contributed by atoms with Crippen LogP contribution in [0.3, 0.4) is 0 Å². The molecule has 2 fully saturated rings. The minimum absolute atomic E-state index is 0.0102. The number of carbonyl (C=O) groups is 1. The average Bonchev–Trinajstić information content (AvgIpc) is 2.66. The van der Waals surface area contributed by atoms with Crippen molar-refractivity contribution in [3.63, 3.8) is 0 Å². The van der Waals surface area contributed by atoms with Crippen LogP contribution >= 0.6 is 0 Å². The summed E-state index contributed by atoms with van der Waals surface area (Å²) in [4.78, 5) is 20.4. The van der Waals surface area contributed by atoms with Crippen molar-refractivity contribution in [1.29, 1.82) is 0 Å². The Morgan fingerprint density at radius 2 is 1.90 bits per heavy atom. The third-order valence-corrected chi connectivity index (χ3v) is 5.85. The van der Waals surface area contributed by atoms with Crippen LogP contribution in [-0.4, -0.2) is 51.9 Å².